The first-order valence-corrected chi connectivity index (χ1v) is 6.74. The zero-order valence-electron chi connectivity index (χ0n) is 10.8. The summed E-state index contributed by atoms with van der Waals surface area (Å²) in [5.74, 6) is -0.391. The van der Waals surface area contributed by atoms with Gasteiger partial charge in [-0.2, -0.15) is 0 Å². The van der Waals surface area contributed by atoms with E-state index < -0.39 is 5.97 Å². The molecule has 19 heavy (non-hydrogen) atoms. The quantitative estimate of drug-likeness (QED) is 0.633. The summed E-state index contributed by atoms with van der Waals surface area (Å²) in [5.41, 5.74) is 1.59. The van der Waals surface area contributed by atoms with E-state index in [9.17, 15) is 4.79 Å². The van der Waals surface area contributed by atoms with Gasteiger partial charge in [-0.3, -0.25) is 0 Å². The first-order chi connectivity index (χ1) is 9.20. The van der Waals surface area contributed by atoms with Crippen LogP contribution in [0.3, 0.4) is 0 Å². The molecule has 2 aromatic rings. The largest absolute Gasteiger partial charge is 0.462 e. The van der Waals surface area contributed by atoms with Crippen molar-refractivity contribution in [1.82, 2.24) is 9.97 Å². The number of esters is 1. The molecule has 0 aliphatic heterocycles. The molecule has 0 radical (unpaired) electrons. The maximum absolute atomic E-state index is 11.8. The maximum atomic E-state index is 11.8. The topological polar surface area (TPSA) is 52.1 Å². The lowest BCUT2D eigenvalue weighted by molar-refractivity contribution is 0.0520. The van der Waals surface area contributed by atoms with Gasteiger partial charge in [0, 0.05) is 11.1 Å². The van der Waals surface area contributed by atoms with Crippen molar-refractivity contribution in [3.05, 3.63) is 47.9 Å². The number of carbonyl (C=O) groups is 1. The molecule has 0 aliphatic carbocycles. The van der Waals surface area contributed by atoms with E-state index in [0.29, 0.717) is 17.2 Å². The van der Waals surface area contributed by atoms with E-state index in [1.54, 1.807) is 6.92 Å². The van der Waals surface area contributed by atoms with Gasteiger partial charge < -0.3 is 4.74 Å². The summed E-state index contributed by atoms with van der Waals surface area (Å²) >= 11 is 1.43. The van der Waals surface area contributed by atoms with Gasteiger partial charge in [0.25, 0.3) is 0 Å². The van der Waals surface area contributed by atoms with Crippen molar-refractivity contribution < 1.29 is 9.53 Å². The third-order valence-electron chi connectivity index (χ3n) is 2.41. The summed E-state index contributed by atoms with van der Waals surface area (Å²) in [4.78, 5) is 20.8. The fraction of sp³-hybridized carbons (Fsp3) is 0.214. The SMILES string of the molecule is CCOC(=O)c1cncnc1Sc1ccc(C)cc1. The molecule has 0 saturated heterocycles. The molecular weight excluding hydrogens is 260 g/mol. The van der Waals surface area contributed by atoms with Gasteiger partial charge >= 0.3 is 5.97 Å². The van der Waals surface area contributed by atoms with Gasteiger partial charge in [-0.25, -0.2) is 14.8 Å². The van der Waals surface area contributed by atoms with E-state index in [-0.39, 0.29) is 0 Å². The van der Waals surface area contributed by atoms with E-state index in [1.165, 1.54) is 29.8 Å². The summed E-state index contributed by atoms with van der Waals surface area (Å²) < 4.78 is 4.99. The molecule has 2 rings (SSSR count). The summed E-state index contributed by atoms with van der Waals surface area (Å²) in [6, 6.07) is 8.04. The molecule has 0 spiro atoms. The van der Waals surface area contributed by atoms with E-state index in [2.05, 4.69) is 9.97 Å². The first kappa shape index (κ1) is 13.5. The van der Waals surface area contributed by atoms with Crippen LogP contribution in [-0.2, 0) is 4.74 Å². The second-order valence-electron chi connectivity index (χ2n) is 3.88. The Morgan fingerprint density at radius 3 is 2.74 bits per heavy atom. The van der Waals surface area contributed by atoms with Gasteiger partial charge in [-0.15, -0.1) is 0 Å². The van der Waals surface area contributed by atoms with Crippen molar-refractivity contribution >= 4 is 17.7 Å². The molecule has 0 bridgehead atoms. The van der Waals surface area contributed by atoms with Crippen molar-refractivity contribution in [3.63, 3.8) is 0 Å². The van der Waals surface area contributed by atoms with Gasteiger partial charge in [0.05, 0.1) is 6.61 Å². The Bertz CT molecular complexity index is 570. The molecule has 0 fully saturated rings. The van der Waals surface area contributed by atoms with E-state index in [4.69, 9.17) is 4.74 Å². The molecule has 0 saturated carbocycles. The molecule has 0 atom stereocenters. The van der Waals surface area contributed by atoms with Crippen LogP contribution in [0.4, 0.5) is 0 Å². The number of benzene rings is 1. The van der Waals surface area contributed by atoms with Crippen LogP contribution in [0.25, 0.3) is 0 Å². The predicted octanol–water partition coefficient (Wildman–Crippen LogP) is 3.11. The minimum absolute atomic E-state index is 0.336. The Hall–Kier alpha value is -1.88. The lowest BCUT2D eigenvalue weighted by Crippen LogP contribution is -2.07. The van der Waals surface area contributed by atoms with E-state index in [0.717, 1.165) is 4.90 Å². The number of rotatable bonds is 4. The Labute approximate surface area is 116 Å². The van der Waals surface area contributed by atoms with Gasteiger partial charge in [0.15, 0.2) is 0 Å². The minimum Gasteiger partial charge on any atom is -0.462 e. The Kier molecular flexibility index (Phi) is 4.52. The number of aryl methyl sites for hydroxylation is 1. The number of hydrogen-bond acceptors (Lipinski definition) is 5. The highest BCUT2D eigenvalue weighted by Crippen LogP contribution is 2.28. The van der Waals surface area contributed by atoms with Crippen LogP contribution in [0.15, 0.2) is 46.7 Å². The number of nitrogens with zero attached hydrogens (tertiary/aromatic N) is 2. The molecule has 5 heteroatoms. The van der Waals surface area contributed by atoms with Crippen molar-refractivity contribution in [3.8, 4) is 0 Å². The van der Waals surface area contributed by atoms with Gasteiger partial charge in [0.1, 0.15) is 16.9 Å². The van der Waals surface area contributed by atoms with Crippen LogP contribution in [0.2, 0.25) is 0 Å². The molecule has 1 aromatic carbocycles. The minimum atomic E-state index is -0.391. The van der Waals surface area contributed by atoms with Gasteiger partial charge in [-0.1, -0.05) is 29.5 Å². The molecule has 0 amide bonds. The molecule has 0 N–H and O–H groups in total. The van der Waals surface area contributed by atoms with Crippen LogP contribution in [0.5, 0.6) is 0 Å². The van der Waals surface area contributed by atoms with Gasteiger partial charge in [0.2, 0.25) is 0 Å². The highest BCUT2D eigenvalue weighted by molar-refractivity contribution is 7.99. The third-order valence-corrected chi connectivity index (χ3v) is 3.43. The normalized spacial score (nSPS) is 10.2. The standard InChI is InChI=1S/C14H14N2O2S/c1-3-18-14(17)12-8-15-9-16-13(12)19-11-6-4-10(2)5-7-11/h4-9H,3H2,1-2H3. The van der Waals surface area contributed by atoms with E-state index >= 15 is 0 Å². The second-order valence-corrected chi connectivity index (χ2v) is 4.94. The van der Waals surface area contributed by atoms with Crippen LogP contribution < -0.4 is 0 Å². The highest BCUT2D eigenvalue weighted by Gasteiger charge is 2.14. The summed E-state index contributed by atoms with van der Waals surface area (Å²) in [6.45, 7) is 4.14. The van der Waals surface area contributed by atoms with Crippen molar-refractivity contribution in [1.29, 1.82) is 0 Å². The second kappa shape index (κ2) is 6.33. The Morgan fingerprint density at radius 2 is 2.05 bits per heavy atom. The molecule has 1 aromatic heterocycles. The highest BCUT2D eigenvalue weighted by atomic mass is 32.2. The monoisotopic (exact) mass is 274 g/mol. The predicted molar refractivity (Wildman–Crippen MR) is 73.3 cm³/mol. The number of ether oxygens (including phenoxy) is 1. The first-order valence-electron chi connectivity index (χ1n) is 5.92. The number of carbonyl (C=O) groups excluding carboxylic acids is 1. The summed E-state index contributed by atoms with van der Waals surface area (Å²) in [7, 11) is 0. The van der Waals surface area contributed by atoms with Crippen molar-refractivity contribution in [2.24, 2.45) is 0 Å². The molecular formula is C14H14N2O2S. The molecule has 1 heterocycles. The van der Waals surface area contributed by atoms with Crippen molar-refractivity contribution in [2.45, 2.75) is 23.8 Å². The average Bonchev–Trinajstić information content (AvgIpc) is 2.42. The summed E-state index contributed by atoms with van der Waals surface area (Å²) in [5, 5.41) is 0.609. The average molecular weight is 274 g/mol. The van der Waals surface area contributed by atoms with Crippen LogP contribution in [0.1, 0.15) is 22.8 Å². The molecule has 0 aliphatic rings. The fourth-order valence-electron chi connectivity index (χ4n) is 1.47. The lowest BCUT2D eigenvalue weighted by atomic mass is 10.2. The molecule has 98 valence electrons. The van der Waals surface area contributed by atoms with Crippen LogP contribution >= 0.6 is 11.8 Å². The van der Waals surface area contributed by atoms with Crippen LogP contribution in [0, 0.1) is 6.92 Å². The maximum Gasteiger partial charge on any atom is 0.342 e. The number of aromatic nitrogens is 2. The molecule has 4 nitrogen and oxygen atoms in total. The van der Waals surface area contributed by atoms with Crippen molar-refractivity contribution in [2.75, 3.05) is 6.61 Å². The lowest BCUT2D eigenvalue weighted by Gasteiger charge is -2.06. The van der Waals surface area contributed by atoms with Gasteiger partial charge in [-0.05, 0) is 26.0 Å². The van der Waals surface area contributed by atoms with E-state index in [1.807, 2.05) is 31.2 Å². The smallest absolute Gasteiger partial charge is 0.342 e. The Balaban J connectivity index is 2.24. The molecule has 0 unspecified atom stereocenters. The zero-order valence-corrected chi connectivity index (χ0v) is 11.6. The fourth-order valence-corrected chi connectivity index (χ4v) is 2.31. The summed E-state index contributed by atoms with van der Waals surface area (Å²) in [6.07, 6.45) is 2.92. The van der Waals surface area contributed by atoms with Crippen LogP contribution in [-0.4, -0.2) is 22.5 Å². The Morgan fingerprint density at radius 1 is 1.32 bits per heavy atom. The zero-order chi connectivity index (χ0) is 13.7. The number of hydrogen-bond donors (Lipinski definition) is 0. The third kappa shape index (κ3) is 3.54.